The fourth-order valence-corrected chi connectivity index (χ4v) is 5.67. The van der Waals surface area contributed by atoms with Gasteiger partial charge in [-0.25, -0.2) is 4.79 Å². The number of nitrogens with zero attached hydrogens (tertiary/aromatic N) is 3. The molecular formula is C26H39N3O3. The van der Waals surface area contributed by atoms with Gasteiger partial charge in [0.25, 0.3) is 0 Å². The average Bonchev–Trinajstić information content (AvgIpc) is 3.58. The van der Waals surface area contributed by atoms with Gasteiger partial charge in [-0.3, -0.25) is 9.69 Å². The molecule has 4 rings (SSSR count). The van der Waals surface area contributed by atoms with Crippen molar-refractivity contribution in [1.29, 1.82) is 0 Å². The smallest absolute Gasteiger partial charge is 0.325 e. The van der Waals surface area contributed by atoms with Gasteiger partial charge in [0.15, 0.2) is 0 Å². The molecule has 176 valence electrons. The number of ether oxygens (including phenoxy) is 1. The van der Waals surface area contributed by atoms with Crippen LogP contribution in [0, 0.1) is 5.92 Å². The molecule has 2 saturated carbocycles. The summed E-state index contributed by atoms with van der Waals surface area (Å²) in [5, 5.41) is 0. The van der Waals surface area contributed by atoms with Gasteiger partial charge in [-0.1, -0.05) is 43.7 Å². The number of hydrogen-bond acceptors (Lipinski definition) is 4. The lowest BCUT2D eigenvalue weighted by molar-refractivity contribution is -0.144. The molecule has 0 unspecified atom stereocenters. The van der Waals surface area contributed by atoms with Crippen molar-refractivity contribution in [3.05, 3.63) is 35.9 Å². The molecule has 0 aromatic heterocycles. The van der Waals surface area contributed by atoms with Crippen LogP contribution in [0.3, 0.4) is 0 Å². The molecule has 3 fully saturated rings. The van der Waals surface area contributed by atoms with Crippen molar-refractivity contribution >= 4 is 12.0 Å². The van der Waals surface area contributed by atoms with Crippen LogP contribution in [-0.4, -0.2) is 72.6 Å². The predicted molar refractivity (Wildman–Crippen MR) is 125 cm³/mol. The largest absolute Gasteiger partial charge is 0.464 e. The molecule has 0 atom stereocenters. The van der Waals surface area contributed by atoms with Gasteiger partial charge in [0.05, 0.1) is 12.1 Å². The number of carbonyl (C=O) groups is 2. The zero-order chi connectivity index (χ0) is 22.8. The maximum Gasteiger partial charge on any atom is 0.325 e. The third-order valence-electron chi connectivity index (χ3n) is 7.95. The second-order valence-electron chi connectivity index (χ2n) is 10.3. The Morgan fingerprint density at radius 2 is 1.81 bits per heavy atom. The van der Waals surface area contributed by atoms with E-state index in [1.807, 2.05) is 0 Å². The van der Waals surface area contributed by atoms with Crippen molar-refractivity contribution in [3.63, 3.8) is 0 Å². The van der Waals surface area contributed by atoms with Crippen LogP contribution < -0.4 is 0 Å². The summed E-state index contributed by atoms with van der Waals surface area (Å²) in [6.45, 7) is 4.06. The second kappa shape index (κ2) is 9.42. The monoisotopic (exact) mass is 441 g/mol. The van der Waals surface area contributed by atoms with Crippen LogP contribution >= 0.6 is 0 Å². The van der Waals surface area contributed by atoms with Gasteiger partial charge in [-0.15, -0.1) is 0 Å². The molecule has 1 saturated heterocycles. The lowest BCUT2D eigenvalue weighted by Crippen LogP contribution is -2.55. The molecule has 0 bridgehead atoms. The number of urea groups is 1. The minimum absolute atomic E-state index is 0.00664. The van der Waals surface area contributed by atoms with E-state index < -0.39 is 0 Å². The van der Waals surface area contributed by atoms with Gasteiger partial charge in [0.2, 0.25) is 0 Å². The molecule has 2 amide bonds. The molecule has 3 aliphatic rings. The summed E-state index contributed by atoms with van der Waals surface area (Å²) in [7, 11) is 4.34. The first-order chi connectivity index (χ1) is 15.4. The van der Waals surface area contributed by atoms with E-state index in [2.05, 4.69) is 61.2 Å². The summed E-state index contributed by atoms with van der Waals surface area (Å²) in [4.78, 5) is 32.0. The molecule has 0 N–H and O–H groups in total. The molecular weight excluding hydrogens is 402 g/mol. The van der Waals surface area contributed by atoms with Crippen molar-refractivity contribution < 1.29 is 14.3 Å². The quantitative estimate of drug-likeness (QED) is 0.425. The normalized spacial score (nSPS) is 28.1. The molecule has 32 heavy (non-hydrogen) atoms. The van der Waals surface area contributed by atoms with Gasteiger partial charge in [0.1, 0.15) is 6.54 Å². The van der Waals surface area contributed by atoms with Gasteiger partial charge >= 0.3 is 12.0 Å². The number of benzene rings is 1. The number of amides is 2. The number of hydrogen-bond donors (Lipinski definition) is 0. The first kappa shape index (κ1) is 23.1. The van der Waals surface area contributed by atoms with Crippen molar-refractivity contribution in [3.8, 4) is 0 Å². The van der Waals surface area contributed by atoms with Gasteiger partial charge in [0, 0.05) is 18.6 Å². The minimum atomic E-state index is -0.280. The van der Waals surface area contributed by atoms with E-state index in [4.69, 9.17) is 4.74 Å². The van der Waals surface area contributed by atoms with E-state index in [-0.39, 0.29) is 29.6 Å². The Hall–Kier alpha value is -2.08. The van der Waals surface area contributed by atoms with Crippen LogP contribution in [0.25, 0.3) is 0 Å². The Kier molecular flexibility index (Phi) is 6.80. The molecule has 1 spiro atoms. The molecule has 1 aromatic carbocycles. The van der Waals surface area contributed by atoms with Crippen LogP contribution in [0.5, 0.6) is 0 Å². The lowest BCUT2D eigenvalue weighted by Gasteiger charge is -2.51. The van der Waals surface area contributed by atoms with E-state index in [1.54, 1.807) is 4.90 Å². The number of esters is 1. The van der Waals surface area contributed by atoms with Crippen LogP contribution in [0.1, 0.15) is 63.9 Å². The lowest BCUT2D eigenvalue weighted by atomic mass is 9.68. The van der Waals surface area contributed by atoms with Gasteiger partial charge in [-0.2, -0.15) is 0 Å². The Bertz CT molecular complexity index is 798. The zero-order valence-corrected chi connectivity index (χ0v) is 20.0. The summed E-state index contributed by atoms with van der Waals surface area (Å²) in [6, 6.07) is 10.8. The fourth-order valence-electron chi connectivity index (χ4n) is 5.67. The van der Waals surface area contributed by atoms with Crippen molar-refractivity contribution in [2.75, 3.05) is 40.3 Å². The van der Waals surface area contributed by atoms with E-state index in [0.717, 1.165) is 45.1 Å². The van der Waals surface area contributed by atoms with Gasteiger partial charge < -0.3 is 14.5 Å². The summed E-state index contributed by atoms with van der Waals surface area (Å²) >= 11 is 0. The third-order valence-corrected chi connectivity index (χ3v) is 7.95. The fraction of sp³-hybridized carbons (Fsp3) is 0.692. The Labute approximate surface area is 192 Å². The van der Waals surface area contributed by atoms with Gasteiger partial charge in [-0.05, 0) is 70.5 Å². The maximum atomic E-state index is 13.4. The van der Waals surface area contributed by atoms with Crippen LogP contribution in [0.4, 0.5) is 4.79 Å². The minimum Gasteiger partial charge on any atom is -0.464 e. The van der Waals surface area contributed by atoms with Crippen molar-refractivity contribution in [1.82, 2.24) is 14.7 Å². The van der Waals surface area contributed by atoms with Crippen molar-refractivity contribution in [2.24, 2.45) is 5.92 Å². The van der Waals surface area contributed by atoms with Crippen LogP contribution in [-0.2, 0) is 15.1 Å². The first-order valence-electron chi connectivity index (χ1n) is 12.4. The van der Waals surface area contributed by atoms with E-state index in [0.29, 0.717) is 19.1 Å². The topological polar surface area (TPSA) is 53.1 Å². The highest BCUT2D eigenvalue weighted by atomic mass is 16.5. The Morgan fingerprint density at radius 3 is 2.41 bits per heavy atom. The van der Waals surface area contributed by atoms with E-state index in [1.165, 1.54) is 18.4 Å². The standard InChI is InChI=1S/C26H39N3O3/c1-4-5-17-32-23(30)19-28-20-25(29(24(28)31)18-21-11-12-21)13-15-26(16-14-25,27(2)3)22-9-7-6-8-10-22/h6-10,21H,4-5,11-20H2,1-3H3/t25-,26-. The first-order valence-corrected chi connectivity index (χ1v) is 12.4. The zero-order valence-electron chi connectivity index (χ0n) is 20.0. The molecule has 6 heteroatoms. The second-order valence-corrected chi connectivity index (χ2v) is 10.3. The average molecular weight is 442 g/mol. The highest BCUT2D eigenvalue weighted by molar-refractivity contribution is 5.83. The highest BCUT2D eigenvalue weighted by Gasteiger charge is 2.55. The highest BCUT2D eigenvalue weighted by Crippen LogP contribution is 2.49. The van der Waals surface area contributed by atoms with Crippen LogP contribution in [0.2, 0.25) is 0 Å². The number of unbranched alkanes of at least 4 members (excludes halogenated alkanes) is 1. The van der Waals surface area contributed by atoms with Crippen molar-refractivity contribution in [2.45, 2.75) is 69.4 Å². The van der Waals surface area contributed by atoms with Crippen LogP contribution in [0.15, 0.2) is 30.3 Å². The van der Waals surface area contributed by atoms with E-state index >= 15 is 0 Å². The van der Waals surface area contributed by atoms with E-state index in [9.17, 15) is 9.59 Å². The molecule has 1 aromatic rings. The Balaban J connectivity index is 1.50. The summed E-state index contributed by atoms with van der Waals surface area (Å²) in [5.74, 6) is 0.347. The summed E-state index contributed by atoms with van der Waals surface area (Å²) in [6.07, 6.45) is 8.21. The molecule has 1 aliphatic heterocycles. The molecule has 0 radical (unpaired) electrons. The SMILES string of the molecule is CCCCOC(=O)CN1C[C@]2(CC[C@@](c3ccccc3)(N(C)C)CC2)N(CC2CC2)C1=O. The maximum absolute atomic E-state index is 13.4. The summed E-state index contributed by atoms with van der Waals surface area (Å²) in [5.41, 5.74) is 1.18. The Morgan fingerprint density at radius 1 is 1.12 bits per heavy atom. The number of rotatable bonds is 9. The molecule has 6 nitrogen and oxygen atoms in total. The summed E-state index contributed by atoms with van der Waals surface area (Å²) < 4.78 is 5.36. The molecule has 2 aliphatic carbocycles. The third kappa shape index (κ3) is 4.52. The predicted octanol–water partition coefficient (Wildman–Crippen LogP) is 4.25. The molecule has 1 heterocycles. The number of carbonyl (C=O) groups excluding carboxylic acids is 2.